The Morgan fingerprint density at radius 1 is 1.41 bits per heavy atom. The van der Waals surface area contributed by atoms with Crippen molar-refractivity contribution in [1.29, 1.82) is 0 Å². The Balaban J connectivity index is 1.66. The van der Waals surface area contributed by atoms with Gasteiger partial charge in [-0.15, -0.1) is 11.3 Å². The van der Waals surface area contributed by atoms with Crippen molar-refractivity contribution in [2.24, 2.45) is 0 Å². The van der Waals surface area contributed by atoms with Gasteiger partial charge in [-0.25, -0.2) is 4.98 Å². The van der Waals surface area contributed by atoms with Crippen LogP contribution in [0.3, 0.4) is 0 Å². The normalized spacial score (nSPS) is 18.0. The minimum absolute atomic E-state index is 0.407. The van der Waals surface area contributed by atoms with E-state index in [0.29, 0.717) is 6.04 Å². The van der Waals surface area contributed by atoms with E-state index in [9.17, 15) is 0 Å². The first-order valence-electron chi connectivity index (χ1n) is 7.67. The second-order valence-electron chi connectivity index (χ2n) is 5.74. The Hall–Kier alpha value is -1.21. The zero-order valence-electron chi connectivity index (χ0n) is 13.2. The van der Waals surface area contributed by atoms with Crippen LogP contribution in [-0.4, -0.2) is 54.7 Å². The number of likely N-dealkylation sites (N-methyl/N-ethyl adjacent to an activating group) is 1. The Kier molecular flexibility index (Phi) is 5.25. The average Bonchev–Trinajstić information content (AvgIpc) is 3.18. The zero-order chi connectivity index (χ0) is 15.4. The molecular weight excluding hydrogens is 298 g/mol. The summed E-state index contributed by atoms with van der Waals surface area (Å²) >= 11 is 1.83. The maximum absolute atomic E-state index is 5.59. The maximum Gasteiger partial charge on any atom is 0.208 e. The summed E-state index contributed by atoms with van der Waals surface area (Å²) in [6.45, 7) is 7.26. The molecule has 0 unspecified atom stereocenters. The van der Waals surface area contributed by atoms with Gasteiger partial charge in [-0.05, 0) is 25.4 Å². The molecule has 22 heavy (non-hydrogen) atoms. The lowest BCUT2D eigenvalue weighted by Gasteiger charge is -2.36. The molecule has 2 aromatic rings. The number of ether oxygens (including phenoxy) is 1. The van der Waals surface area contributed by atoms with E-state index in [0.717, 1.165) is 51.0 Å². The zero-order valence-corrected chi connectivity index (χ0v) is 14.0. The van der Waals surface area contributed by atoms with Gasteiger partial charge in [0, 0.05) is 24.5 Å². The van der Waals surface area contributed by atoms with Crippen molar-refractivity contribution in [2.45, 2.75) is 19.5 Å². The molecule has 1 aliphatic heterocycles. The van der Waals surface area contributed by atoms with Crippen molar-refractivity contribution in [1.82, 2.24) is 14.8 Å². The van der Waals surface area contributed by atoms with Crippen LogP contribution in [0.4, 0.5) is 0 Å². The highest BCUT2D eigenvalue weighted by Crippen LogP contribution is 2.27. The lowest BCUT2D eigenvalue weighted by Crippen LogP contribution is -2.42. The van der Waals surface area contributed by atoms with Crippen LogP contribution in [0, 0.1) is 6.92 Å². The molecule has 0 aromatic carbocycles. The minimum Gasteiger partial charge on any atom is -0.445 e. The summed E-state index contributed by atoms with van der Waals surface area (Å²) in [6.07, 6.45) is 1.78. The fraction of sp³-hybridized carbons (Fsp3) is 0.562. The number of nitrogens with zero attached hydrogens (tertiary/aromatic N) is 3. The standard InChI is InChI=1S/C16H23N3O2S/c1-13-10-17-16(21-13)12-18(2)11-14(15-4-3-9-22-15)19-5-7-20-8-6-19/h3-4,9-10,14H,5-8,11-12H2,1-2H3/t14-/m0/s1. The van der Waals surface area contributed by atoms with Crippen molar-refractivity contribution in [3.63, 3.8) is 0 Å². The predicted octanol–water partition coefficient (Wildman–Crippen LogP) is 2.55. The second-order valence-corrected chi connectivity index (χ2v) is 6.72. The molecule has 3 heterocycles. The second kappa shape index (κ2) is 7.37. The van der Waals surface area contributed by atoms with Crippen molar-refractivity contribution >= 4 is 11.3 Å². The third-order valence-corrected chi connectivity index (χ3v) is 4.89. The monoisotopic (exact) mass is 321 g/mol. The first-order valence-corrected chi connectivity index (χ1v) is 8.55. The van der Waals surface area contributed by atoms with Gasteiger partial charge in [0.05, 0.1) is 32.0 Å². The van der Waals surface area contributed by atoms with Crippen LogP contribution in [0.25, 0.3) is 0 Å². The van der Waals surface area contributed by atoms with E-state index >= 15 is 0 Å². The van der Waals surface area contributed by atoms with Gasteiger partial charge in [0.25, 0.3) is 0 Å². The van der Waals surface area contributed by atoms with Crippen molar-refractivity contribution < 1.29 is 9.15 Å². The molecule has 1 fully saturated rings. The molecule has 1 atom stereocenters. The van der Waals surface area contributed by atoms with Gasteiger partial charge in [0.1, 0.15) is 5.76 Å². The Morgan fingerprint density at radius 3 is 2.86 bits per heavy atom. The number of morpholine rings is 1. The lowest BCUT2D eigenvalue weighted by atomic mass is 10.1. The van der Waals surface area contributed by atoms with E-state index in [1.54, 1.807) is 6.20 Å². The van der Waals surface area contributed by atoms with Gasteiger partial charge in [0.15, 0.2) is 0 Å². The smallest absolute Gasteiger partial charge is 0.208 e. The van der Waals surface area contributed by atoms with Crippen LogP contribution in [0.5, 0.6) is 0 Å². The van der Waals surface area contributed by atoms with Crippen LogP contribution in [0.1, 0.15) is 22.6 Å². The average molecular weight is 321 g/mol. The number of hydrogen-bond donors (Lipinski definition) is 0. The number of aryl methyl sites for hydroxylation is 1. The Labute approximate surface area is 135 Å². The van der Waals surface area contributed by atoms with Crippen LogP contribution in [0.15, 0.2) is 28.1 Å². The Bertz CT molecular complexity index is 564. The summed E-state index contributed by atoms with van der Waals surface area (Å²) in [7, 11) is 2.13. The number of rotatable bonds is 6. The topological polar surface area (TPSA) is 41.7 Å². The molecule has 0 aliphatic carbocycles. The van der Waals surface area contributed by atoms with Gasteiger partial charge in [-0.2, -0.15) is 0 Å². The highest BCUT2D eigenvalue weighted by atomic mass is 32.1. The first kappa shape index (κ1) is 15.7. The molecule has 0 saturated carbocycles. The van der Waals surface area contributed by atoms with E-state index < -0.39 is 0 Å². The van der Waals surface area contributed by atoms with E-state index in [4.69, 9.17) is 9.15 Å². The number of aromatic nitrogens is 1. The number of hydrogen-bond acceptors (Lipinski definition) is 6. The maximum atomic E-state index is 5.59. The fourth-order valence-corrected chi connectivity index (χ4v) is 3.67. The highest BCUT2D eigenvalue weighted by Gasteiger charge is 2.25. The molecule has 0 amide bonds. The summed E-state index contributed by atoms with van der Waals surface area (Å²) in [5.41, 5.74) is 0. The van der Waals surface area contributed by atoms with Crippen LogP contribution in [0.2, 0.25) is 0 Å². The molecule has 0 spiro atoms. The molecule has 1 aliphatic rings. The third kappa shape index (κ3) is 3.95. The summed E-state index contributed by atoms with van der Waals surface area (Å²) in [4.78, 5) is 10.5. The van der Waals surface area contributed by atoms with Crippen molar-refractivity contribution in [3.05, 3.63) is 40.2 Å². The number of oxazole rings is 1. The quantitative estimate of drug-likeness (QED) is 0.818. The predicted molar refractivity (Wildman–Crippen MR) is 87.0 cm³/mol. The van der Waals surface area contributed by atoms with Crippen molar-refractivity contribution in [3.8, 4) is 0 Å². The molecule has 0 bridgehead atoms. The molecule has 0 N–H and O–H groups in total. The van der Waals surface area contributed by atoms with Gasteiger partial charge >= 0.3 is 0 Å². The summed E-state index contributed by atoms with van der Waals surface area (Å²) in [5, 5.41) is 2.15. The molecular formula is C16H23N3O2S. The molecule has 6 heteroatoms. The molecule has 2 aromatic heterocycles. The summed E-state index contributed by atoms with van der Waals surface area (Å²) in [6, 6.07) is 4.77. The number of thiophene rings is 1. The van der Waals surface area contributed by atoms with E-state index in [1.807, 2.05) is 18.3 Å². The van der Waals surface area contributed by atoms with E-state index in [-0.39, 0.29) is 0 Å². The van der Waals surface area contributed by atoms with Gasteiger partial charge < -0.3 is 9.15 Å². The largest absolute Gasteiger partial charge is 0.445 e. The molecule has 1 saturated heterocycles. The molecule has 120 valence electrons. The minimum atomic E-state index is 0.407. The van der Waals surface area contributed by atoms with Gasteiger partial charge in [-0.1, -0.05) is 6.07 Å². The molecule has 3 rings (SSSR count). The van der Waals surface area contributed by atoms with E-state index in [2.05, 4.69) is 39.3 Å². The van der Waals surface area contributed by atoms with Crippen LogP contribution < -0.4 is 0 Å². The molecule has 5 nitrogen and oxygen atoms in total. The SMILES string of the molecule is Cc1cnc(CN(C)C[C@@H](c2cccs2)N2CCOCC2)o1. The summed E-state index contributed by atoms with van der Waals surface area (Å²) < 4.78 is 11.1. The third-order valence-electron chi connectivity index (χ3n) is 3.92. The Morgan fingerprint density at radius 2 is 2.23 bits per heavy atom. The first-order chi connectivity index (χ1) is 10.7. The van der Waals surface area contributed by atoms with Crippen LogP contribution >= 0.6 is 11.3 Å². The highest BCUT2D eigenvalue weighted by molar-refractivity contribution is 7.10. The van der Waals surface area contributed by atoms with Crippen LogP contribution in [-0.2, 0) is 11.3 Å². The van der Waals surface area contributed by atoms with Gasteiger partial charge in [0.2, 0.25) is 5.89 Å². The fourth-order valence-electron chi connectivity index (χ4n) is 2.82. The van der Waals surface area contributed by atoms with Crippen molar-refractivity contribution in [2.75, 3.05) is 39.9 Å². The summed E-state index contributed by atoms with van der Waals surface area (Å²) in [5.74, 6) is 1.65. The lowest BCUT2D eigenvalue weighted by molar-refractivity contribution is 0.00917. The van der Waals surface area contributed by atoms with Gasteiger partial charge in [-0.3, -0.25) is 9.80 Å². The van der Waals surface area contributed by atoms with E-state index in [1.165, 1.54) is 4.88 Å². The molecule has 0 radical (unpaired) electrons.